The fourth-order valence-electron chi connectivity index (χ4n) is 8.23. The van der Waals surface area contributed by atoms with Crippen molar-refractivity contribution in [3.63, 3.8) is 0 Å². The van der Waals surface area contributed by atoms with Gasteiger partial charge in [0.2, 0.25) is 0 Å². The van der Waals surface area contributed by atoms with Gasteiger partial charge in [0.25, 0.3) is 0 Å². The summed E-state index contributed by atoms with van der Waals surface area (Å²) >= 11 is 0. The van der Waals surface area contributed by atoms with Gasteiger partial charge in [0, 0.05) is 33.4 Å². The number of rotatable bonds is 5. The molecule has 1 unspecified atom stereocenters. The molecule has 52 heavy (non-hydrogen) atoms. The van der Waals surface area contributed by atoms with Crippen LogP contribution in [0.1, 0.15) is 23.1 Å². The molecule has 0 saturated heterocycles. The predicted octanol–water partition coefficient (Wildman–Crippen LogP) is 12.4. The first kappa shape index (κ1) is 30.0. The summed E-state index contributed by atoms with van der Waals surface area (Å²) in [6.45, 7) is 0. The first-order chi connectivity index (χ1) is 25.7. The van der Waals surface area contributed by atoms with Crippen LogP contribution in [-0.4, -0.2) is 10.6 Å². The number of aromatic nitrogens is 1. The normalized spacial score (nSPS) is 14.8. The third-order valence-electron chi connectivity index (χ3n) is 10.6. The molecule has 0 saturated carbocycles. The van der Waals surface area contributed by atoms with E-state index in [4.69, 9.17) is 0 Å². The third-order valence-corrected chi connectivity index (χ3v) is 10.6. The fraction of sp³-hybridized carbons (Fsp3) is 0.0408. The van der Waals surface area contributed by atoms with E-state index in [0.29, 0.717) is 5.56 Å². The van der Waals surface area contributed by atoms with Crippen molar-refractivity contribution in [2.75, 3.05) is 4.90 Å². The summed E-state index contributed by atoms with van der Waals surface area (Å²) in [6, 6.07) is 63.1. The average Bonchev–Trinajstić information content (AvgIpc) is 3.54. The van der Waals surface area contributed by atoms with Crippen LogP contribution in [0.2, 0.25) is 0 Å². The summed E-state index contributed by atoms with van der Waals surface area (Å²) in [5, 5.41) is 12.1. The number of fused-ring (bicyclic) bond motifs is 7. The third kappa shape index (κ3) is 4.96. The monoisotopic (exact) mass is 663 g/mol. The van der Waals surface area contributed by atoms with Gasteiger partial charge in [-0.1, -0.05) is 121 Å². The highest BCUT2D eigenvalue weighted by Crippen LogP contribution is 2.48. The molecule has 2 aliphatic rings. The van der Waals surface area contributed by atoms with Gasteiger partial charge in [-0.05, 0) is 106 Å². The largest absolute Gasteiger partial charge is 0.334 e. The summed E-state index contributed by atoms with van der Waals surface area (Å²) in [5.74, 6) is 0. The van der Waals surface area contributed by atoms with Crippen molar-refractivity contribution in [1.29, 1.82) is 5.26 Å². The summed E-state index contributed by atoms with van der Waals surface area (Å²) in [7, 11) is 0. The van der Waals surface area contributed by atoms with Crippen LogP contribution in [0, 0.1) is 11.3 Å². The molecule has 10 rings (SSSR count). The molecule has 8 aromatic rings. The second kappa shape index (κ2) is 12.2. The number of benzene rings is 7. The lowest BCUT2D eigenvalue weighted by molar-refractivity contribution is 0.778. The van der Waals surface area contributed by atoms with Gasteiger partial charge in [-0.15, -0.1) is 0 Å². The summed E-state index contributed by atoms with van der Waals surface area (Å²) in [6.07, 6.45) is 5.80. The number of allylic oxidation sites excluding steroid dienone is 2. The number of hydrogen-bond acceptors (Lipinski definition) is 2. The smallest absolute Gasteiger partial charge is 0.0992 e. The van der Waals surface area contributed by atoms with Crippen molar-refractivity contribution in [2.45, 2.75) is 12.5 Å². The second-order valence-corrected chi connectivity index (χ2v) is 13.7. The van der Waals surface area contributed by atoms with Crippen LogP contribution < -0.4 is 4.90 Å². The number of anilines is 2. The molecular weight excluding hydrogens is 631 g/mol. The highest BCUT2D eigenvalue weighted by molar-refractivity contribution is 6.11. The van der Waals surface area contributed by atoms with Crippen LogP contribution in [0.5, 0.6) is 0 Å². The van der Waals surface area contributed by atoms with Crippen LogP contribution in [0.15, 0.2) is 182 Å². The number of nitriles is 1. The minimum absolute atomic E-state index is 0.162. The molecule has 0 N–H and O–H groups in total. The lowest BCUT2D eigenvalue weighted by Gasteiger charge is -2.41. The van der Waals surface area contributed by atoms with Gasteiger partial charge in [-0.25, -0.2) is 0 Å². The molecule has 7 aromatic carbocycles. The first-order valence-corrected chi connectivity index (χ1v) is 17.8. The predicted molar refractivity (Wildman–Crippen MR) is 216 cm³/mol. The highest BCUT2D eigenvalue weighted by atomic mass is 15.2. The Bertz CT molecular complexity index is 2760. The molecule has 3 nitrogen and oxygen atoms in total. The maximum absolute atomic E-state index is 9.75. The van der Waals surface area contributed by atoms with Crippen LogP contribution in [0.25, 0.3) is 60.9 Å². The average molecular weight is 664 g/mol. The van der Waals surface area contributed by atoms with E-state index in [2.05, 4.69) is 179 Å². The van der Waals surface area contributed by atoms with E-state index in [9.17, 15) is 5.26 Å². The van der Waals surface area contributed by atoms with Crippen molar-refractivity contribution in [3.8, 4) is 34.0 Å². The Hall–Kier alpha value is -6.89. The zero-order valence-electron chi connectivity index (χ0n) is 28.4. The summed E-state index contributed by atoms with van der Waals surface area (Å²) in [5.41, 5.74) is 16.3. The van der Waals surface area contributed by atoms with E-state index in [0.717, 1.165) is 28.5 Å². The Morgan fingerprint density at radius 1 is 0.519 bits per heavy atom. The SMILES string of the molecule is N#Cc1ccc2c3cc(C4=CC5CC(=C4)c4ccc(-c6cccc(-c7ccccc7)c6)cc4N5c4ccccc4)ccc3n(-c3ccccc3)c2c1. The van der Waals surface area contributed by atoms with Gasteiger partial charge < -0.3 is 9.47 Å². The first-order valence-electron chi connectivity index (χ1n) is 17.8. The Balaban J connectivity index is 1.11. The molecule has 244 valence electrons. The van der Waals surface area contributed by atoms with Gasteiger partial charge in [0.05, 0.1) is 28.7 Å². The van der Waals surface area contributed by atoms with Gasteiger partial charge >= 0.3 is 0 Å². The van der Waals surface area contributed by atoms with Crippen LogP contribution in [0.3, 0.4) is 0 Å². The molecule has 1 aliphatic carbocycles. The molecule has 3 heteroatoms. The number of nitrogens with zero attached hydrogens (tertiary/aromatic N) is 3. The second-order valence-electron chi connectivity index (χ2n) is 13.7. The summed E-state index contributed by atoms with van der Waals surface area (Å²) < 4.78 is 2.28. The van der Waals surface area contributed by atoms with Crippen molar-refractivity contribution in [2.24, 2.45) is 0 Å². The molecule has 2 heterocycles. The van der Waals surface area contributed by atoms with E-state index in [-0.39, 0.29) is 6.04 Å². The van der Waals surface area contributed by atoms with Gasteiger partial charge in [0.15, 0.2) is 0 Å². The van der Waals surface area contributed by atoms with E-state index < -0.39 is 0 Å². The molecule has 0 amide bonds. The molecule has 0 fully saturated rings. The van der Waals surface area contributed by atoms with E-state index in [1.807, 2.05) is 18.2 Å². The quantitative estimate of drug-likeness (QED) is 0.184. The van der Waals surface area contributed by atoms with E-state index in [1.165, 1.54) is 61.3 Å². The fourth-order valence-corrected chi connectivity index (χ4v) is 8.23. The van der Waals surface area contributed by atoms with Gasteiger partial charge in [-0.2, -0.15) is 5.26 Å². The maximum Gasteiger partial charge on any atom is 0.0992 e. The Kier molecular flexibility index (Phi) is 7.01. The Labute approximate surface area is 303 Å². The molecule has 1 aliphatic heterocycles. The highest BCUT2D eigenvalue weighted by Gasteiger charge is 2.32. The lowest BCUT2D eigenvalue weighted by Crippen LogP contribution is -2.35. The van der Waals surface area contributed by atoms with Crippen molar-refractivity contribution < 1.29 is 0 Å². The molecule has 1 aromatic heterocycles. The van der Waals surface area contributed by atoms with Crippen molar-refractivity contribution >= 4 is 44.3 Å². The van der Waals surface area contributed by atoms with Gasteiger partial charge in [0.1, 0.15) is 0 Å². The standard InChI is InChI=1S/C49H33N3/c50-32-33-19-22-45-46-30-37(21-24-47(46)52(48(45)25-33)42-17-8-3-9-18-42)39-27-40-29-43(28-39)51(41-15-6-2-7-16-41)49-31-38(20-23-44(40)49)36-14-10-13-35(26-36)34-11-4-1-5-12-34/h1-28,30-31,43H,29H2. The lowest BCUT2D eigenvalue weighted by atomic mass is 9.82. The topological polar surface area (TPSA) is 32.0 Å². The number of hydrogen-bond donors (Lipinski definition) is 0. The molecule has 1 atom stereocenters. The molecular formula is C49H33N3. The van der Waals surface area contributed by atoms with Crippen LogP contribution in [0.4, 0.5) is 11.4 Å². The molecule has 0 spiro atoms. The Morgan fingerprint density at radius 2 is 1.19 bits per heavy atom. The molecule has 2 bridgehead atoms. The zero-order chi connectivity index (χ0) is 34.6. The van der Waals surface area contributed by atoms with Crippen LogP contribution >= 0.6 is 0 Å². The Morgan fingerprint density at radius 3 is 1.96 bits per heavy atom. The maximum atomic E-state index is 9.75. The van der Waals surface area contributed by atoms with Crippen LogP contribution in [-0.2, 0) is 0 Å². The zero-order valence-corrected chi connectivity index (χ0v) is 28.4. The van der Waals surface area contributed by atoms with E-state index in [1.54, 1.807) is 0 Å². The molecule has 0 radical (unpaired) electrons. The minimum Gasteiger partial charge on any atom is -0.334 e. The number of para-hydroxylation sites is 2. The van der Waals surface area contributed by atoms with Gasteiger partial charge in [-0.3, -0.25) is 0 Å². The van der Waals surface area contributed by atoms with Crippen molar-refractivity contribution in [3.05, 3.63) is 199 Å². The summed E-state index contributed by atoms with van der Waals surface area (Å²) in [4.78, 5) is 2.53. The van der Waals surface area contributed by atoms with E-state index >= 15 is 0 Å². The minimum atomic E-state index is 0.162. The van der Waals surface area contributed by atoms with Crippen molar-refractivity contribution in [1.82, 2.24) is 4.57 Å².